The largest absolute Gasteiger partial charge is 0.399 e. The summed E-state index contributed by atoms with van der Waals surface area (Å²) in [5.74, 6) is 3.76. The molecule has 0 saturated heterocycles. The van der Waals surface area contributed by atoms with E-state index in [1.165, 1.54) is 56.9 Å². The number of nitrogen functional groups attached to an aromatic ring is 2. The van der Waals surface area contributed by atoms with Crippen LogP contribution in [-0.2, 0) is 12.8 Å². The number of nitrogens with two attached hydrogens (primary N) is 2. The second-order valence-electron chi connectivity index (χ2n) is 9.83. The first-order chi connectivity index (χ1) is 14.1. The highest BCUT2D eigenvalue weighted by Crippen LogP contribution is 2.43. The zero-order chi connectivity index (χ0) is 20.2. The Morgan fingerprint density at radius 2 is 1.34 bits per heavy atom. The van der Waals surface area contributed by atoms with E-state index >= 15 is 0 Å². The van der Waals surface area contributed by atoms with Crippen LogP contribution in [0.25, 0.3) is 0 Å². The standard InChI is InChI=1S/C27H38N2/c1-19-2-7-21(8-3-19)23-12-14-24(15-13-23)22-9-4-20(5-10-22)6-11-25-18-26(28)16-17-27(25)29/h4-5,9-10,16-19,21,23-24H,2-3,6-8,11-15,28-29H2,1H3. The lowest BCUT2D eigenvalue weighted by Gasteiger charge is -2.37. The van der Waals surface area contributed by atoms with E-state index in [0.717, 1.165) is 53.5 Å². The summed E-state index contributed by atoms with van der Waals surface area (Å²) in [6.07, 6.45) is 13.5. The highest BCUT2D eigenvalue weighted by atomic mass is 14.6. The van der Waals surface area contributed by atoms with Crippen molar-refractivity contribution in [3.05, 3.63) is 59.2 Å². The van der Waals surface area contributed by atoms with Crippen molar-refractivity contribution in [2.75, 3.05) is 11.5 Å². The Labute approximate surface area is 177 Å². The minimum Gasteiger partial charge on any atom is -0.399 e. The zero-order valence-corrected chi connectivity index (χ0v) is 18.1. The van der Waals surface area contributed by atoms with Crippen molar-refractivity contribution >= 4 is 11.4 Å². The van der Waals surface area contributed by atoms with Crippen molar-refractivity contribution in [1.82, 2.24) is 0 Å². The fourth-order valence-corrected chi connectivity index (χ4v) is 5.76. The molecular weight excluding hydrogens is 352 g/mol. The molecule has 2 aliphatic carbocycles. The van der Waals surface area contributed by atoms with Gasteiger partial charge in [-0.05, 0) is 110 Å². The molecule has 4 rings (SSSR count). The summed E-state index contributed by atoms with van der Waals surface area (Å²) in [5.41, 5.74) is 17.7. The fourth-order valence-electron chi connectivity index (χ4n) is 5.76. The summed E-state index contributed by atoms with van der Waals surface area (Å²) in [7, 11) is 0. The topological polar surface area (TPSA) is 52.0 Å². The molecule has 0 spiro atoms. The first-order valence-electron chi connectivity index (χ1n) is 11.8. The van der Waals surface area contributed by atoms with Crippen LogP contribution in [0.3, 0.4) is 0 Å². The van der Waals surface area contributed by atoms with Crippen LogP contribution in [0, 0.1) is 17.8 Å². The predicted octanol–water partition coefficient (Wildman–Crippen LogP) is 6.74. The average Bonchev–Trinajstić information content (AvgIpc) is 2.75. The Hall–Kier alpha value is -1.96. The Kier molecular flexibility index (Phi) is 6.47. The molecule has 0 aromatic heterocycles. The number of anilines is 2. The van der Waals surface area contributed by atoms with Gasteiger partial charge in [0.25, 0.3) is 0 Å². The molecule has 2 saturated carbocycles. The van der Waals surface area contributed by atoms with Gasteiger partial charge in [-0.15, -0.1) is 0 Å². The van der Waals surface area contributed by atoms with Gasteiger partial charge >= 0.3 is 0 Å². The lowest BCUT2D eigenvalue weighted by molar-refractivity contribution is 0.165. The van der Waals surface area contributed by atoms with Crippen LogP contribution >= 0.6 is 0 Å². The van der Waals surface area contributed by atoms with E-state index in [2.05, 4.69) is 31.2 Å². The maximum Gasteiger partial charge on any atom is 0.0348 e. The van der Waals surface area contributed by atoms with E-state index in [0.29, 0.717) is 0 Å². The van der Waals surface area contributed by atoms with Gasteiger partial charge in [-0.2, -0.15) is 0 Å². The third-order valence-electron chi connectivity index (χ3n) is 7.80. The minimum atomic E-state index is 0.771. The van der Waals surface area contributed by atoms with Crippen LogP contribution in [0.15, 0.2) is 42.5 Å². The van der Waals surface area contributed by atoms with Crippen molar-refractivity contribution in [3.63, 3.8) is 0 Å². The van der Waals surface area contributed by atoms with Crippen molar-refractivity contribution in [3.8, 4) is 0 Å². The van der Waals surface area contributed by atoms with Gasteiger partial charge in [-0.1, -0.05) is 44.0 Å². The second-order valence-corrected chi connectivity index (χ2v) is 9.83. The maximum atomic E-state index is 6.09. The van der Waals surface area contributed by atoms with E-state index in [-0.39, 0.29) is 0 Å². The molecule has 2 nitrogen and oxygen atoms in total. The lowest BCUT2D eigenvalue weighted by atomic mass is 9.68. The van der Waals surface area contributed by atoms with Gasteiger partial charge in [0.15, 0.2) is 0 Å². The van der Waals surface area contributed by atoms with Crippen LogP contribution in [0.5, 0.6) is 0 Å². The van der Waals surface area contributed by atoms with Gasteiger partial charge in [0.05, 0.1) is 0 Å². The minimum absolute atomic E-state index is 0.771. The summed E-state index contributed by atoms with van der Waals surface area (Å²) in [6.45, 7) is 2.43. The van der Waals surface area contributed by atoms with Gasteiger partial charge in [-0.3, -0.25) is 0 Å². The summed E-state index contributed by atoms with van der Waals surface area (Å²) in [5, 5.41) is 0. The molecule has 156 valence electrons. The van der Waals surface area contributed by atoms with E-state index in [1.807, 2.05) is 18.2 Å². The van der Waals surface area contributed by atoms with E-state index in [9.17, 15) is 0 Å². The molecule has 2 aliphatic rings. The molecule has 0 atom stereocenters. The van der Waals surface area contributed by atoms with E-state index in [4.69, 9.17) is 11.5 Å². The van der Waals surface area contributed by atoms with Gasteiger partial charge in [0.2, 0.25) is 0 Å². The zero-order valence-electron chi connectivity index (χ0n) is 18.1. The Morgan fingerprint density at radius 3 is 2.00 bits per heavy atom. The van der Waals surface area contributed by atoms with Gasteiger partial charge in [-0.25, -0.2) is 0 Å². The Bertz CT molecular complexity index is 779. The molecular formula is C27H38N2. The highest BCUT2D eigenvalue weighted by molar-refractivity contribution is 5.55. The summed E-state index contributed by atoms with van der Waals surface area (Å²) in [6, 6.07) is 15.2. The number of hydrogen-bond donors (Lipinski definition) is 2. The summed E-state index contributed by atoms with van der Waals surface area (Å²) < 4.78 is 0. The number of hydrogen-bond acceptors (Lipinski definition) is 2. The van der Waals surface area contributed by atoms with Gasteiger partial charge in [0, 0.05) is 11.4 Å². The molecule has 0 unspecified atom stereocenters. The quantitative estimate of drug-likeness (QED) is 0.556. The van der Waals surface area contributed by atoms with Gasteiger partial charge in [0.1, 0.15) is 0 Å². The summed E-state index contributed by atoms with van der Waals surface area (Å²) >= 11 is 0. The van der Waals surface area contributed by atoms with Gasteiger partial charge < -0.3 is 11.5 Å². The van der Waals surface area contributed by atoms with Crippen molar-refractivity contribution in [2.45, 2.75) is 77.0 Å². The highest BCUT2D eigenvalue weighted by Gasteiger charge is 2.30. The number of benzene rings is 2. The van der Waals surface area contributed by atoms with Crippen LogP contribution in [0.2, 0.25) is 0 Å². The Morgan fingerprint density at radius 1 is 0.724 bits per heavy atom. The predicted molar refractivity (Wildman–Crippen MR) is 125 cm³/mol. The van der Waals surface area contributed by atoms with Crippen molar-refractivity contribution < 1.29 is 0 Å². The molecule has 0 heterocycles. The Balaban J connectivity index is 1.28. The molecule has 2 aromatic carbocycles. The van der Waals surface area contributed by atoms with Crippen LogP contribution < -0.4 is 11.5 Å². The third kappa shape index (κ3) is 5.15. The molecule has 29 heavy (non-hydrogen) atoms. The molecule has 0 bridgehead atoms. The molecule has 0 amide bonds. The molecule has 0 radical (unpaired) electrons. The molecule has 2 fully saturated rings. The SMILES string of the molecule is CC1CCC(C2CCC(c3ccc(CCc4cc(N)ccc4N)cc3)CC2)CC1. The third-order valence-corrected chi connectivity index (χ3v) is 7.80. The second kappa shape index (κ2) is 9.24. The van der Waals surface area contributed by atoms with Crippen LogP contribution in [-0.4, -0.2) is 0 Å². The van der Waals surface area contributed by atoms with Crippen molar-refractivity contribution in [2.24, 2.45) is 17.8 Å². The first-order valence-corrected chi connectivity index (χ1v) is 11.8. The molecule has 0 aliphatic heterocycles. The fraction of sp³-hybridized carbons (Fsp3) is 0.556. The average molecular weight is 391 g/mol. The smallest absolute Gasteiger partial charge is 0.0348 e. The van der Waals surface area contributed by atoms with E-state index < -0.39 is 0 Å². The molecule has 2 aromatic rings. The van der Waals surface area contributed by atoms with Crippen LogP contribution in [0.4, 0.5) is 11.4 Å². The number of rotatable bonds is 5. The normalized spacial score (nSPS) is 27.6. The molecule has 2 heteroatoms. The molecule has 4 N–H and O–H groups in total. The lowest BCUT2D eigenvalue weighted by Crippen LogP contribution is -2.24. The first kappa shape index (κ1) is 20.3. The van der Waals surface area contributed by atoms with E-state index in [1.54, 1.807) is 5.56 Å². The number of aryl methyl sites for hydroxylation is 2. The summed E-state index contributed by atoms with van der Waals surface area (Å²) in [4.78, 5) is 0. The van der Waals surface area contributed by atoms with Crippen LogP contribution in [0.1, 0.15) is 80.9 Å². The van der Waals surface area contributed by atoms with Crippen molar-refractivity contribution in [1.29, 1.82) is 0 Å². The maximum absolute atomic E-state index is 6.09. The monoisotopic (exact) mass is 390 g/mol.